The maximum absolute atomic E-state index is 12.9. The smallest absolute Gasteiger partial charge is 0.321 e. The van der Waals surface area contributed by atoms with E-state index < -0.39 is 0 Å². The Hall–Kier alpha value is -1.50. The van der Waals surface area contributed by atoms with Gasteiger partial charge in [-0.25, -0.2) is 4.79 Å². The van der Waals surface area contributed by atoms with E-state index in [1.54, 1.807) is 23.1 Å². The Balaban J connectivity index is 1.35. The highest BCUT2D eigenvalue weighted by atomic mass is 35.5. The summed E-state index contributed by atoms with van der Waals surface area (Å²) in [5, 5.41) is 3.74. The van der Waals surface area contributed by atoms with Crippen LogP contribution in [0.2, 0.25) is 10.0 Å². The van der Waals surface area contributed by atoms with E-state index in [4.69, 9.17) is 23.2 Å². The molecule has 2 atom stereocenters. The van der Waals surface area contributed by atoms with Gasteiger partial charge in [-0.3, -0.25) is 4.79 Å². The van der Waals surface area contributed by atoms with E-state index in [1.165, 1.54) is 32.4 Å². The number of halogens is 2. The number of fused-ring (bicyclic) bond motifs is 1. The fourth-order valence-electron chi connectivity index (χ4n) is 5.01. The van der Waals surface area contributed by atoms with Gasteiger partial charge in [-0.15, -0.1) is 0 Å². The van der Waals surface area contributed by atoms with Crippen molar-refractivity contribution >= 4 is 40.8 Å². The van der Waals surface area contributed by atoms with Crippen molar-refractivity contribution < 1.29 is 9.59 Å². The summed E-state index contributed by atoms with van der Waals surface area (Å²) in [5.41, 5.74) is 0.604. The molecule has 6 nitrogen and oxygen atoms in total. The molecule has 8 heteroatoms. The first-order valence-corrected chi connectivity index (χ1v) is 11.8. The van der Waals surface area contributed by atoms with Crippen molar-refractivity contribution in [2.24, 2.45) is 0 Å². The van der Waals surface area contributed by atoms with Crippen LogP contribution in [0.3, 0.4) is 0 Å². The molecule has 1 aromatic carbocycles. The molecule has 1 N–H and O–H groups in total. The molecule has 30 heavy (non-hydrogen) atoms. The van der Waals surface area contributed by atoms with Crippen molar-refractivity contribution in [2.45, 2.75) is 57.0 Å². The van der Waals surface area contributed by atoms with Crippen LogP contribution < -0.4 is 5.32 Å². The van der Waals surface area contributed by atoms with Crippen molar-refractivity contribution in [3.8, 4) is 0 Å². The van der Waals surface area contributed by atoms with E-state index in [2.05, 4.69) is 15.1 Å². The summed E-state index contributed by atoms with van der Waals surface area (Å²) >= 11 is 12.0. The van der Waals surface area contributed by atoms with E-state index in [1.807, 2.05) is 0 Å². The summed E-state index contributed by atoms with van der Waals surface area (Å²) in [7, 11) is 0. The van der Waals surface area contributed by atoms with Crippen molar-refractivity contribution in [1.82, 2.24) is 14.7 Å². The highest BCUT2D eigenvalue weighted by Gasteiger charge is 2.40. The third kappa shape index (κ3) is 5.04. The van der Waals surface area contributed by atoms with Crippen molar-refractivity contribution in [2.75, 3.05) is 38.0 Å². The van der Waals surface area contributed by atoms with E-state index in [9.17, 15) is 9.59 Å². The summed E-state index contributed by atoms with van der Waals surface area (Å²) in [6.07, 6.45) is 7.34. The van der Waals surface area contributed by atoms with Crippen LogP contribution in [0.4, 0.5) is 10.5 Å². The molecule has 3 saturated heterocycles. The zero-order chi connectivity index (χ0) is 21.1. The summed E-state index contributed by atoms with van der Waals surface area (Å²) in [5.74, 6) is 0.186. The number of likely N-dealkylation sites (tertiary alicyclic amines) is 1. The molecule has 0 spiro atoms. The third-order valence-corrected chi connectivity index (χ3v) is 7.36. The number of piperidine rings is 1. The molecule has 0 saturated carbocycles. The maximum Gasteiger partial charge on any atom is 0.321 e. The quantitative estimate of drug-likeness (QED) is 0.732. The molecule has 3 aliphatic heterocycles. The molecule has 3 amide bonds. The molecule has 3 aliphatic rings. The van der Waals surface area contributed by atoms with Crippen LogP contribution in [0, 0.1) is 0 Å². The number of carbonyl (C=O) groups excluding carboxylic acids is 2. The molecule has 2 unspecified atom stereocenters. The number of nitrogens with zero attached hydrogens (tertiary/aromatic N) is 3. The molecular weight excluding hydrogens is 423 g/mol. The van der Waals surface area contributed by atoms with Gasteiger partial charge in [0.15, 0.2) is 0 Å². The van der Waals surface area contributed by atoms with Gasteiger partial charge in [-0.05, 0) is 63.4 Å². The second kappa shape index (κ2) is 9.75. The van der Waals surface area contributed by atoms with Gasteiger partial charge < -0.3 is 20.0 Å². The number of nitrogens with one attached hydrogen (secondary N) is 1. The van der Waals surface area contributed by atoms with Crippen LogP contribution in [0.15, 0.2) is 18.2 Å². The standard InChI is InChI=1S/C22H30Cl2N4O2/c23-19-7-4-16(14-20(19)24)25-22(30)27-13-9-21(29)28-17(5-6-18(28)15-27)8-12-26-10-2-1-3-11-26/h4,7,14,17-18H,1-3,5-6,8-13,15H2,(H,25,30). The number of hydrogen-bond donors (Lipinski definition) is 1. The SMILES string of the molecule is O=C(Nc1ccc(Cl)c(Cl)c1)N1CCC(=O)N2C(CCN3CCCCC3)CCC2C1. The lowest BCUT2D eigenvalue weighted by Gasteiger charge is -2.32. The normalized spacial score (nSPS) is 25.2. The Morgan fingerprint density at radius 3 is 2.63 bits per heavy atom. The minimum atomic E-state index is -0.195. The van der Waals surface area contributed by atoms with Gasteiger partial charge in [-0.2, -0.15) is 0 Å². The lowest BCUT2D eigenvalue weighted by molar-refractivity contribution is -0.133. The van der Waals surface area contributed by atoms with Gasteiger partial charge in [-0.1, -0.05) is 29.6 Å². The van der Waals surface area contributed by atoms with Crippen molar-refractivity contribution in [3.63, 3.8) is 0 Å². The largest absolute Gasteiger partial charge is 0.335 e. The highest BCUT2D eigenvalue weighted by Crippen LogP contribution is 2.31. The first-order valence-electron chi connectivity index (χ1n) is 11.1. The number of amides is 3. The Labute approximate surface area is 188 Å². The van der Waals surface area contributed by atoms with Gasteiger partial charge >= 0.3 is 6.03 Å². The van der Waals surface area contributed by atoms with Gasteiger partial charge in [0.25, 0.3) is 0 Å². The number of rotatable bonds is 4. The minimum absolute atomic E-state index is 0.117. The summed E-state index contributed by atoms with van der Waals surface area (Å²) in [4.78, 5) is 32.1. The molecule has 164 valence electrons. The predicted molar refractivity (Wildman–Crippen MR) is 120 cm³/mol. The molecular formula is C22H30Cl2N4O2. The second-order valence-corrected chi connectivity index (χ2v) is 9.45. The van der Waals surface area contributed by atoms with Crippen LogP contribution in [-0.4, -0.2) is 71.4 Å². The summed E-state index contributed by atoms with van der Waals surface area (Å²) < 4.78 is 0. The van der Waals surface area contributed by atoms with Crippen LogP contribution in [0.25, 0.3) is 0 Å². The second-order valence-electron chi connectivity index (χ2n) is 8.63. The van der Waals surface area contributed by atoms with Gasteiger partial charge in [0.05, 0.1) is 10.0 Å². The average Bonchev–Trinajstić information content (AvgIpc) is 3.07. The van der Waals surface area contributed by atoms with E-state index >= 15 is 0 Å². The molecule has 1 aromatic rings. The van der Waals surface area contributed by atoms with Gasteiger partial charge in [0, 0.05) is 43.8 Å². The minimum Gasteiger partial charge on any atom is -0.335 e. The molecule has 4 rings (SSSR count). The average molecular weight is 453 g/mol. The monoisotopic (exact) mass is 452 g/mol. The van der Waals surface area contributed by atoms with E-state index in [-0.39, 0.29) is 18.0 Å². The molecule has 0 bridgehead atoms. The number of anilines is 1. The molecule has 3 fully saturated rings. The first kappa shape index (κ1) is 21.7. The fourth-order valence-corrected chi connectivity index (χ4v) is 5.31. The maximum atomic E-state index is 12.9. The van der Waals surface area contributed by atoms with Crippen LogP contribution in [0.1, 0.15) is 44.9 Å². The summed E-state index contributed by atoms with van der Waals surface area (Å²) in [6.45, 7) is 4.47. The number of carbonyl (C=O) groups is 2. The lowest BCUT2D eigenvalue weighted by atomic mass is 10.1. The first-order chi connectivity index (χ1) is 14.5. The van der Waals surface area contributed by atoms with E-state index in [0.29, 0.717) is 41.3 Å². The molecule has 3 heterocycles. The Kier molecular flexibility index (Phi) is 7.06. The van der Waals surface area contributed by atoms with Gasteiger partial charge in [0.2, 0.25) is 5.91 Å². The lowest BCUT2D eigenvalue weighted by Crippen LogP contribution is -2.45. The number of urea groups is 1. The fraction of sp³-hybridized carbons (Fsp3) is 0.636. The van der Waals surface area contributed by atoms with Crippen molar-refractivity contribution in [1.29, 1.82) is 0 Å². The Bertz CT molecular complexity index is 784. The van der Waals surface area contributed by atoms with Crippen LogP contribution >= 0.6 is 23.2 Å². The predicted octanol–water partition coefficient (Wildman–Crippen LogP) is 4.47. The molecule has 0 aromatic heterocycles. The topological polar surface area (TPSA) is 55.9 Å². The van der Waals surface area contributed by atoms with Gasteiger partial charge in [0.1, 0.15) is 0 Å². The third-order valence-electron chi connectivity index (χ3n) is 6.62. The molecule has 0 aliphatic carbocycles. The van der Waals surface area contributed by atoms with E-state index in [0.717, 1.165) is 25.8 Å². The Morgan fingerprint density at radius 2 is 1.87 bits per heavy atom. The van der Waals surface area contributed by atoms with Crippen LogP contribution in [0.5, 0.6) is 0 Å². The van der Waals surface area contributed by atoms with Crippen molar-refractivity contribution in [3.05, 3.63) is 28.2 Å². The highest BCUT2D eigenvalue weighted by molar-refractivity contribution is 6.42. The zero-order valence-electron chi connectivity index (χ0n) is 17.3. The molecule has 0 radical (unpaired) electrons. The Morgan fingerprint density at radius 1 is 1.07 bits per heavy atom. The summed E-state index contributed by atoms with van der Waals surface area (Å²) in [6, 6.07) is 5.27. The van der Waals surface area contributed by atoms with Crippen LogP contribution in [-0.2, 0) is 4.79 Å². The number of hydrogen-bond acceptors (Lipinski definition) is 3. The number of benzene rings is 1. The zero-order valence-corrected chi connectivity index (χ0v) is 18.8.